The third-order valence-corrected chi connectivity index (χ3v) is 5.08. The van der Waals surface area contributed by atoms with Crippen molar-refractivity contribution in [2.24, 2.45) is 0 Å². The quantitative estimate of drug-likeness (QED) is 0.870. The molecule has 0 radical (unpaired) electrons. The zero-order valence-corrected chi connectivity index (χ0v) is 16.5. The molecule has 3 heterocycles. The first-order chi connectivity index (χ1) is 10.7. The van der Waals surface area contributed by atoms with Gasteiger partial charge in [-0.05, 0) is 26.8 Å². The number of aromatic nitrogens is 1. The van der Waals surface area contributed by atoms with E-state index >= 15 is 0 Å². The molecule has 1 atom stereocenters. The Morgan fingerprint density at radius 3 is 2.50 bits per heavy atom. The first kappa shape index (κ1) is 21.5. The molecular weight excluding hydrogens is 347 g/mol. The van der Waals surface area contributed by atoms with Gasteiger partial charge in [0.05, 0.1) is 12.8 Å². The second-order valence-corrected chi connectivity index (χ2v) is 6.50. The molecule has 2 aliphatic rings. The van der Waals surface area contributed by atoms with Gasteiger partial charge in [-0.1, -0.05) is 0 Å². The van der Waals surface area contributed by atoms with E-state index in [1.54, 1.807) is 7.11 Å². The standard InChI is InChI=1S/C17H28N4O.2ClH/c1-13-10-19-16(14(2)17(13)22-3)12-20-6-8-21(9-7-20)15-4-5-18-11-15;;/h10,15,18H,4-9,11-12H2,1-3H3;2*1H. The van der Waals surface area contributed by atoms with Crippen molar-refractivity contribution in [1.82, 2.24) is 20.1 Å². The number of aryl methyl sites for hydroxylation is 1. The summed E-state index contributed by atoms with van der Waals surface area (Å²) in [6.45, 7) is 12.1. The van der Waals surface area contributed by atoms with Crippen LogP contribution in [0.2, 0.25) is 0 Å². The average Bonchev–Trinajstić information content (AvgIpc) is 3.06. The topological polar surface area (TPSA) is 40.6 Å². The lowest BCUT2D eigenvalue weighted by Gasteiger charge is -2.37. The van der Waals surface area contributed by atoms with Gasteiger partial charge in [-0.3, -0.25) is 14.8 Å². The highest BCUT2D eigenvalue weighted by Crippen LogP contribution is 2.25. The summed E-state index contributed by atoms with van der Waals surface area (Å²) in [5, 5.41) is 3.47. The van der Waals surface area contributed by atoms with Crippen molar-refractivity contribution in [3.8, 4) is 5.75 Å². The molecule has 0 aromatic carbocycles. The molecule has 1 unspecified atom stereocenters. The summed E-state index contributed by atoms with van der Waals surface area (Å²) in [7, 11) is 1.74. The Balaban J connectivity index is 0.00000144. The van der Waals surface area contributed by atoms with E-state index in [0.29, 0.717) is 0 Å². The van der Waals surface area contributed by atoms with Crippen molar-refractivity contribution in [1.29, 1.82) is 0 Å². The molecule has 7 heteroatoms. The lowest BCUT2D eigenvalue weighted by molar-refractivity contribution is 0.0971. The molecule has 0 aliphatic carbocycles. The Bertz CT molecular complexity index is 516. The number of methoxy groups -OCH3 is 1. The van der Waals surface area contributed by atoms with E-state index in [9.17, 15) is 0 Å². The summed E-state index contributed by atoms with van der Waals surface area (Å²) in [5.74, 6) is 0.987. The number of halogens is 2. The van der Waals surface area contributed by atoms with Crippen LogP contribution in [0.4, 0.5) is 0 Å². The Hall–Kier alpha value is -0.590. The van der Waals surface area contributed by atoms with Crippen LogP contribution in [0.3, 0.4) is 0 Å². The predicted octanol–water partition coefficient (Wildman–Crippen LogP) is 2.03. The van der Waals surface area contributed by atoms with Crippen LogP contribution in [0.25, 0.3) is 0 Å². The smallest absolute Gasteiger partial charge is 0.128 e. The fourth-order valence-corrected chi connectivity index (χ4v) is 3.68. The van der Waals surface area contributed by atoms with Crippen LogP contribution in [0.5, 0.6) is 5.75 Å². The minimum atomic E-state index is 0. The highest BCUT2D eigenvalue weighted by atomic mass is 35.5. The Morgan fingerprint density at radius 2 is 1.92 bits per heavy atom. The monoisotopic (exact) mass is 376 g/mol. The van der Waals surface area contributed by atoms with Gasteiger partial charge in [0.25, 0.3) is 0 Å². The van der Waals surface area contributed by atoms with Crippen molar-refractivity contribution in [3.63, 3.8) is 0 Å². The van der Waals surface area contributed by atoms with Crippen LogP contribution >= 0.6 is 24.8 Å². The number of nitrogens with zero attached hydrogens (tertiary/aromatic N) is 3. The summed E-state index contributed by atoms with van der Waals surface area (Å²) >= 11 is 0. The zero-order valence-electron chi connectivity index (χ0n) is 14.9. The van der Waals surface area contributed by atoms with Gasteiger partial charge in [-0.15, -0.1) is 24.8 Å². The molecule has 1 aromatic rings. The molecule has 24 heavy (non-hydrogen) atoms. The van der Waals surface area contributed by atoms with Crippen molar-refractivity contribution in [2.75, 3.05) is 46.4 Å². The number of hydrogen-bond donors (Lipinski definition) is 1. The van der Waals surface area contributed by atoms with Gasteiger partial charge < -0.3 is 10.1 Å². The van der Waals surface area contributed by atoms with E-state index in [2.05, 4.69) is 33.9 Å². The van der Waals surface area contributed by atoms with Gasteiger partial charge in [0.1, 0.15) is 5.75 Å². The maximum Gasteiger partial charge on any atom is 0.128 e. The van der Waals surface area contributed by atoms with Gasteiger partial charge >= 0.3 is 0 Å². The van der Waals surface area contributed by atoms with E-state index in [4.69, 9.17) is 4.74 Å². The van der Waals surface area contributed by atoms with E-state index in [-0.39, 0.29) is 24.8 Å². The Labute approximate surface area is 158 Å². The third-order valence-electron chi connectivity index (χ3n) is 5.08. The van der Waals surface area contributed by atoms with E-state index in [0.717, 1.165) is 49.2 Å². The van der Waals surface area contributed by atoms with Crippen molar-refractivity contribution in [3.05, 3.63) is 23.0 Å². The molecule has 2 aliphatic heterocycles. The normalized spacial score (nSPS) is 21.9. The average molecular weight is 377 g/mol. The number of ether oxygens (including phenoxy) is 1. The van der Waals surface area contributed by atoms with Gasteiger partial charge in [0.15, 0.2) is 0 Å². The summed E-state index contributed by atoms with van der Waals surface area (Å²) in [5.41, 5.74) is 3.45. The van der Waals surface area contributed by atoms with E-state index < -0.39 is 0 Å². The predicted molar refractivity (Wildman–Crippen MR) is 103 cm³/mol. The van der Waals surface area contributed by atoms with Crippen LogP contribution in [0.15, 0.2) is 6.20 Å². The highest BCUT2D eigenvalue weighted by Gasteiger charge is 2.26. The van der Waals surface area contributed by atoms with Crippen LogP contribution in [-0.4, -0.2) is 67.2 Å². The van der Waals surface area contributed by atoms with Gasteiger partial charge in [0, 0.05) is 62.6 Å². The fourth-order valence-electron chi connectivity index (χ4n) is 3.68. The van der Waals surface area contributed by atoms with Crippen molar-refractivity contribution >= 4 is 24.8 Å². The molecule has 0 amide bonds. The molecule has 1 aromatic heterocycles. The number of nitrogens with one attached hydrogen (secondary N) is 1. The molecule has 0 spiro atoms. The Morgan fingerprint density at radius 1 is 1.21 bits per heavy atom. The minimum Gasteiger partial charge on any atom is -0.496 e. The first-order valence-electron chi connectivity index (χ1n) is 8.35. The van der Waals surface area contributed by atoms with Crippen LogP contribution in [0, 0.1) is 13.8 Å². The lowest BCUT2D eigenvalue weighted by Crippen LogP contribution is -2.50. The number of hydrogen-bond acceptors (Lipinski definition) is 5. The lowest BCUT2D eigenvalue weighted by atomic mass is 10.1. The minimum absolute atomic E-state index is 0. The summed E-state index contributed by atoms with van der Waals surface area (Å²) in [4.78, 5) is 9.79. The molecule has 1 N–H and O–H groups in total. The summed E-state index contributed by atoms with van der Waals surface area (Å²) in [6, 6.07) is 0.751. The Kier molecular flexibility index (Phi) is 8.74. The molecule has 2 fully saturated rings. The van der Waals surface area contributed by atoms with Crippen LogP contribution < -0.4 is 10.1 Å². The molecule has 3 rings (SSSR count). The molecule has 0 saturated carbocycles. The third kappa shape index (κ3) is 4.73. The summed E-state index contributed by atoms with van der Waals surface area (Å²) < 4.78 is 5.52. The van der Waals surface area contributed by atoms with Crippen molar-refractivity contribution < 1.29 is 4.74 Å². The van der Waals surface area contributed by atoms with Crippen LogP contribution in [0.1, 0.15) is 23.2 Å². The SMILES string of the molecule is COc1c(C)cnc(CN2CCN(C3CCNC3)CC2)c1C.Cl.Cl. The van der Waals surface area contributed by atoms with Crippen LogP contribution in [-0.2, 0) is 6.54 Å². The highest BCUT2D eigenvalue weighted by molar-refractivity contribution is 5.85. The second-order valence-electron chi connectivity index (χ2n) is 6.50. The largest absolute Gasteiger partial charge is 0.496 e. The van der Waals surface area contributed by atoms with E-state index in [1.165, 1.54) is 31.6 Å². The van der Waals surface area contributed by atoms with Gasteiger partial charge in [-0.25, -0.2) is 0 Å². The molecule has 5 nitrogen and oxygen atoms in total. The van der Waals surface area contributed by atoms with E-state index in [1.807, 2.05) is 6.20 Å². The number of rotatable bonds is 4. The number of piperazine rings is 1. The summed E-state index contributed by atoms with van der Waals surface area (Å²) in [6.07, 6.45) is 3.23. The maximum atomic E-state index is 5.52. The molecule has 2 saturated heterocycles. The van der Waals surface area contributed by atoms with Gasteiger partial charge in [-0.2, -0.15) is 0 Å². The first-order valence-corrected chi connectivity index (χ1v) is 8.35. The maximum absolute atomic E-state index is 5.52. The number of pyridine rings is 1. The fraction of sp³-hybridized carbons (Fsp3) is 0.706. The second kappa shape index (κ2) is 9.78. The molecule has 138 valence electrons. The molecule has 0 bridgehead atoms. The van der Waals surface area contributed by atoms with Crippen molar-refractivity contribution in [2.45, 2.75) is 32.9 Å². The molecular formula is C17H30Cl2N4O. The zero-order chi connectivity index (χ0) is 15.5. The van der Waals surface area contributed by atoms with Gasteiger partial charge in [0.2, 0.25) is 0 Å².